The van der Waals surface area contributed by atoms with Crippen molar-refractivity contribution in [3.05, 3.63) is 29.8 Å². The molecule has 1 aromatic rings. The predicted molar refractivity (Wildman–Crippen MR) is 90.5 cm³/mol. The van der Waals surface area contributed by atoms with E-state index in [2.05, 4.69) is 16.0 Å². The Labute approximate surface area is 145 Å². The summed E-state index contributed by atoms with van der Waals surface area (Å²) >= 11 is 0. The van der Waals surface area contributed by atoms with E-state index in [1.54, 1.807) is 29.2 Å². The molecule has 1 fully saturated rings. The molecular weight excluding hydrogens is 324 g/mol. The monoisotopic (exact) mass is 344 g/mol. The molecule has 132 valence electrons. The Bertz CT molecular complexity index is 674. The zero-order valence-electron chi connectivity index (χ0n) is 13.6. The lowest BCUT2D eigenvalue weighted by molar-refractivity contribution is -0.117. The van der Waals surface area contributed by atoms with Gasteiger partial charge in [-0.15, -0.1) is 0 Å². The summed E-state index contributed by atoms with van der Waals surface area (Å²) in [6.45, 7) is 0.795. The van der Waals surface area contributed by atoms with Gasteiger partial charge >= 0.3 is 12.1 Å². The van der Waals surface area contributed by atoms with Crippen LogP contribution < -0.4 is 21.7 Å². The van der Waals surface area contributed by atoms with Crippen molar-refractivity contribution >= 4 is 23.7 Å². The zero-order chi connectivity index (χ0) is 18.2. The fourth-order valence-electron chi connectivity index (χ4n) is 2.46. The van der Waals surface area contributed by atoms with Crippen molar-refractivity contribution < 1.29 is 14.4 Å². The lowest BCUT2D eigenvalue weighted by Crippen LogP contribution is -2.50. The third-order valence-corrected chi connectivity index (χ3v) is 3.81. The predicted octanol–water partition coefficient (Wildman–Crippen LogP) is 0.339. The molecule has 25 heavy (non-hydrogen) atoms. The normalized spacial score (nSPS) is 14.3. The summed E-state index contributed by atoms with van der Waals surface area (Å²) in [5.41, 5.74) is 6.10. The van der Waals surface area contributed by atoms with Gasteiger partial charge in [0, 0.05) is 24.8 Å². The molecule has 1 aromatic carbocycles. The number of carbonyl (C=O) groups excluding carboxylic acids is 3. The molecule has 9 heteroatoms. The van der Waals surface area contributed by atoms with E-state index in [-0.39, 0.29) is 18.6 Å². The Morgan fingerprint density at radius 3 is 2.40 bits per heavy atom. The molecule has 1 saturated heterocycles. The highest BCUT2D eigenvalue weighted by molar-refractivity contribution is 5.89. The minimum Gasteiger partial charge on any atom is -0.368 e. The van der Waals surface area contributed by atoms with Crippen molar-refractivity contribution in [1.29, 1.82) is 5.26 Å². The van der Waals surface area contributed by atoms with Crippen LogP contribution in [0.1, 0.15) is 18.4 Å². The maximum Gasteiger partial charge on any atom is 0.321 e. The first-order chi connectivity index (χ1) is 12.0. The molecule has 0 bridgehead atoms. The van der Waals surface area contributed by atoms with Gasteiger partial charge in [0.25, 0.3) is 0 Å². The molecule has 5 amide bonds. The number of hydrogen-bond acceptors (Lipinski definition) is 4. The molecule has 0 saturated carbocycles. The van der Waals surface area contributed by atoms with Crippen molar-refractivity contribution in [1.82, 2.24) is 15.5 Å². The van der Waals surface area contributed by atoms with E-state index in [0.717, 1.165) is 0 Å². The van der Waals surface area contributed by atoms with Crippen molar-refractivity contribution in [2.75, 3.05) is 25.0 Å². The lowest BCUT2D eigenvalue weighted by Gasteiger charge is -2.32. The standard InChI is InChI=1S/C16H20N6O3/c17-9-11-1-3-12(4-2-11)21-16(25)22-7-5-13(6-8-22)20-15(24)19-10-14(18)23/h1-4,13H,5-8,10H2,(H2,18,23)(H,21,25)(H2,19,20,24). The number of nitrogens with two attached hydrogens (primary N) is 1. The smallest absolute Gasteiger partial charge is 0.321 e. The van der Waals surface area contributed by atoms with Crippen LogP contribution in [0.3, 0.4) is 0 Å². The van der Waals surface area contributed by atoms with Gasteiger partial charge in [0.05, 0.1) is 18.2 Å². The summed E-state index contributed by atoms with van der Waals surface area (Å²) in [5, 5.41) is 16.7. The Hall–Kier alpha value is -3.28. The lowest BCUT2D eigenvalue weighted by atomic mass is 10.1. The first-order valence-electron chi connectivity index (χ1n) is 7.86. The summed E-state index contributed by atoms with van der Waals surface area (Å²) in [4.78, 5) is 36.1. The minimum absolute atomic E-state index is 0.0631. The molecule has 0 atom stereocenters. The molecule has 0 radical (unpaired) electrons. The van der Waals surface area contributed by atoms with Crippen molar-refractivity contribution in [3.8, 4) is 6.07 Å². The van der Waals surface area contributed by atoms with E-state index in [9.17, 15) is 14.4 Å². The fourth-order valence-corrected chi connectivity index (χ4v) is 2.46. The van der Waals surface area contributed by atoms with Crippen LogP contribution in [-0.2, 0) is 4.79 Å². The highest BCUT2D eigenvalue weighted by atomic mass is 16.2. The summed E-state index contributed by atoms with van der Waals surface area (Å²) in [7, 11) is 0. The average molecular weight is 344 g/mol. The molecule has 9 nitrogen and oxygen atoms in total. The van der Waals surface area contributed by atoms with Crippen LogP contribution in [0, 0.1) is 11.3 Å². The second-order valence-electron chi connectivity index (χ2n) is 5.67. The van der Waals surface area contributed by atoms with Crippen molar-refractivity contribution in [2.45, 2.75) is 18.9 Å². The van der Waals surface area contributed by atoms with E-state index >= 15 is 0 Å². The average Bonchev–Trinajstić information content (AvgIpc) is 2.61. The molecule has 1 aliphatic heterocycles. The summed E-state index contributed by atoms with van der Waals surface area (Å²) in [5.74, 6) is -0.607. The summed E-state index contributed by atoms with van der Waals surface area (Å²) < 4.78 is 0. The van der Waals surface area contributed by atoms with Crippen LogP contribution in [0.25, 0.3) is 0 Å². The van der Waals surface area contributed by atoms with E-state index in [0.29, 0.717) is 37.2 Å². The van der Waals surface area contributed by atoms with Gasteiger partial charge in [-0.3, -0.25) is 4.79 Å². The van der Waals surface area contributed by atoms with Gasteiger partial charge in [0.15, 0.2) is 0 Å². The van der Waals surface area contributed by atoms with Crippen molar-refractivity contribution in [3.63, 3.8) is 0 Å². The molecule has 0 aromatic heterocycles. The second-order valence-corrected chi connectivity index (χ2v) is 5.67. The van der Waals surface area contributed by atoms with E-state index in [1.165, 1.54) is 0 Å². The van der Waals surface area contributed by atoms with Gasteiger partial charge in [0.2, 0.25) is 5.91 Å². The van der Waals surface area contributed by atoms with Crippen LogP contribution >= 0.6 is 0 Å². The largest absolute Gasteiger partial charge is 0.368 e. The number of anilines is 1. The third-order valence-electron chi connectivity index (χ3n) is 3.81. The Morgan fingerprint density at radius 1 is 1.20 bits per heavy atom. The number of carbonyl (C=O) groups is 3. The van der Waals surface area contributed by atoms with Gasteiger partial charge < -0.3 is 26.6 Å². The molecule has 5 N–H and O–H groups in total. The quantitative estimate of drug-likeness (QED) is 0.625. The van der Waals surface area contributed by atoms with Gasteiger partial charge in [-0.1, -0.05) is 0 Å². The number of primary amides is 1. The Morgan fingerprint density at radius 2 is 1.84 bits per heavy atom. The Kier molecular flexibility index (Phi) is 6.17. The van der Waals surface area contributed by atoms with Gasteiger partial charge in [-0.05, 0) is 37.1 Å². The number of rotatable bonds is 4. The van der Waals surface area contributed by atoms with E-state index in [1.807, 2.05) is 6.07 Å². The molecule has 1 heterocycles. The van der Waals surface area contributed by atoms with Crippen LogP contribution in [0.5, 0.6) is 0 Å². The summed E-state index contributed by atoms with van der Waals surface area (Å²) in [6, 6.07) is 7.91. The van der Waals surface area contributed by atoms with Crippen molar-refractivity contribution in [2.24, 2.45) is 5.73 Å². The number of nitrogens with one attached hydrogen (secondary N) is 3. The number of piperidine rings is 1. The third kappa shape index (κ3) is 5.69. The highest BCUT2D eigenvalue weighted by Crippen LogP contribution is 2.14. The number of urea groups is 2. The van der Waals surface area contributed by atoms with Crippen LogP contribution in [-0.4, -0.2) is 48.5 Å². The number of nitrogens with zero attached hydrogens (tertiary/aromatic N) is 2. The number of nitriles is 1. The first-order valence-corrected chi connectivity index (χ1v) is 7.86. The van der Waals surface area contributed by atoms with Gasteiger partial charge in [-0.25, -0.2) is 9.59 Å². The summed E-state index contributed by atoms with van der Waals surface area (Å²) in [6.07, 6.45) is 1.23. The maximum absolute atomic E-state index is 12.2. The van der Waals surface area contributed by atoms with Gasteiger partial charge in [-0.2, -0.15) is 5.26 Å². The number of likely N-dealkylation sites (tertiary alicyclic amines) is 1. The molecule has 0 spiro atoms. The number of amides is 5. The van der Waals surface area contributed by atoms with Crippen LogP contribution in [0.2, 0.25) is 0 Å². The SMILES string of the molecule is N#Cc1ccc(NC(=O)N2CCC(NC(=O)NCC(N)=O)CC2)cc1. The van der Waals surface area contributed by atoms with E-state index < -0.39 is 11.9 Å². The number of hydrogen-bond donors (Lipinski definition) is 4. The molecule has 1 aliphatic rings. The first kappa shape index (κ1) is 18.1. The van der Waals surface area contributed by atoms with Gasteiger partial charge in [0.1, 0.15) is 0 Å². The number of benzene rings is 1. The second kappa shape index (κ2) is 8.54. The molecular formula is C16H20N6O3. The Balaban J connectivity index is 1.75. The zero-order valence-corrected chi connectivity index (χ0v) is 13.6. The maximum atomic E-state index is 12.2. The molecule has 0 aliphatic carbocycles. The molecule has 2 rings (SSSR count). The highest BCUT2D eigenvalue weighted by Gasteiger charge is 2.23. The minimum atomic E-state index is -0.607. The fraction of sp³-hybridized carbons (Fsp3) is 0.375. The van der Waals surface area contributed by atoms with E-state index in [4.69, 9.17) is 11.0 Å². The van der Waals surface area contributed by atoms with Crippen LogP contribution in [0.15, 0.2) is 24.3 Å². The van der Waals surface area contributed by atoms with Crippen LogP contribution in [0.4, 0.5) is 15.3 Å². The topological polar surface area (TPSA) is 140 Å². The molecule has 0 unspecified atom stereocenters.